The van der Waals surface area contributed by atoms with Gasteiger partial charge in [0.15, 0.2) is 5.75 Å². The van der Waals surface area contributed by atoms with Crippen molar-refractivity contribution < 1.29 is 9.66 Å². The molecule has 0 aliphatic carbocycles. The molecule has 0 N–H and O–H groups in total. The van der Waals surface area contributed by atoms with Gasteiger partial charge in [-0.3, -0.25) is 15.0 Å². The summed E-state index contributed by atoms with van der Waals surface area (Å²) in [5, 5.41) is 11.1. The molecule has 0 amide bonds. The van der Waals surface area contributed by atoms with Gasteiger partial charge in [-0.2, -0.15) is 0 Å². The van der Waals surface area contributed by atoms with Crippen LogP contribution in [0.25, 0.3) is 0 Å². The number of nitro groups is 1. The molecule has 0 saturated carbocycles. The van der Waals surface area contributed by atoms with Crippen LogP contribution >= 0.6 is 0 Å². The first-order chi connectivity index (χ1) is 13.6. The second-order valence-electron chi connectivity index (χ2n) is 7.39. The van der Waals surface area contributed by atoms with Crippen LogP contribution in [0.3, 0.4) is 0 Å². The van der Waals surface area contributed by atoms with Crippen LogP contribution < -0.4 is 4.74 Å². The molecule has 1 aliphatic heterocycles. The van der Waals surface area contributed by atoms with E-state index in [1.165, 1.54) is 11.6 Å². The van der Waals surface area contributed by atoms with E-state index < -0.39 is 0 Å². The maximum Gasteiger partial charge on any atom is 0.310 e. The van der Waals surface area contributed by atoms with E-state index in [1.807, 2.05) is 6.92 Å². The Morgan fingerprint density at radius 3 is 2.43 bits per heavy atom. The molecule has 1 aliphatic rings. The van der Waals surface area contributed by atoms with Gasteiger partial charge in [-0.15, -0.1) is 0 Å². The number of nitro benzene ring substituents is 1. The zero-order chi connectivity index (χ0) is 19.8. The molecular weight excluding hydrogens is 354 g/mol. The molecular formula is C22H29N3O3. The third kappa shape index (κ3) is 6.04. The minimum Gasteiger partial charge on any atom is -0.487 e. The second-order valence-corrected chi connectivity index (χ2v) is 7.39. The van der Waals surface area contributed by atoms with E-state index in [4.69, 9.17) is 4.74 Å². The maximum atomic E-state index is 11.1. The van der Waals surface area contributed by atoms with Crippen LogP contribution in [0.2, 0.25) is 0 Å². The van der Waals surface area contributed by atoms with Crippen molar-refractivity contribution in [1.29, 1.82) is 0 Å². The van der Waals surface area contributed by atoms with Crippen molar-refractivity contribution in [1.82, 2.24) is 9.80 Å². The normalized spacial score (nSPS) is 15.5. The Morgan fingerprint density at radius 2 is 1.71 bits per heavy atom. The molecule has 6 heteroatoms. The fourth-order valence-electron chi connectivity index (χ4n) is 3.52. The van der Waals surface area contributed by atoms with Crippen molar-refractivity contribution in [2.24, 2.45) is 0 Å². The molecule has 1 fully saturated rings. The highest BCUT2D eigenvalue weighted by Crippen LogP contribution is 2.27. The van der Waals surface area contributed by atoms with Gasteiger partial charge in [-0.05, 0) is 43.5 Å². The summed E-state index contributed by atoms with van der Waals surface area (Å²) in [5.74, 6) is 0.375. The number of benzene rings is 2. The van der Waals surface area contributed by atoms with E-state index >= 15 is 0 Å². The summed E-state index contributed by atoms with van der Waals surface area (Å²) in [4.78, 5) is 15.7. The highest BCUT2D eigenvalue weighted by atomic mass is 16.6. The summed E-state index contributed by atoms with van der Waals surface area (Å²) in [5.41, 5.74) is 2.38. The Kier molecular flexibility index (Phi) is 7.39. The first-order valence-electron chi connectivity index (χ1n) is 9.98. The molecule has 6 nitrogen and oxygen atoms in total. The summed E-state index contributed by atoms with van der Waals surface area (Å²) in [6.45, 7) is 8.89. The number of hydrogen-bond donors (Lipinski definition) is 0. The van der Waals surface area contributed by atoms with Gasteiger partial charge in [-0.1, -0.05) is 36.4 Å². The van der Waals surface area contributed by atoms with Crippen molar-refractivity contribution in [3.8, 4) is 5.75 Å². The van der Waals surface area contributed by atoms with Gasteiger partial charge in [0, 0.05) is 38.8 Å². The SMILES string of the molecule is Cc1ccc([N+](=O)[O-])c(OCCCCN2CCN(Cc3ccccc3)CC2)c1. The van der Waals surface area contributed by atoms with E-state index in [1.54, 1.807) is 12.1 Å². The molecule has 0 radical (unpaired) electrons. The van der Waals surface area contributed by atoms with Crippen molar-refractivity contribution in [2.75, 3.05) is 39.3 Å². The molecule has 2 aromatic rings. The summed E-state index contributed by atoms with van der Waals surface area (Å²) in [7, 11) is 0. The molecule has 0 bridgehead atoms. The van der Waals surface area contributed by atoms with Gasteiger partial charge >= 0.3 is 5.69 Å². The van der Waals surface area contributed by atoms with Crippen LogP contribution in [0.5, 0.6) is 5.75 Å². The average molecular weight is 383 g/mol. The lowest BCUT2D eigenvalue weighted by Gasteiger charge is -2.34. The Labute approximate surface area is 166 Å². The third-order valence-electron chi connectivity index (χ3n) is 5.15. The highest BCUT2D eigenvalue weighted by Gasteiger charge is 2.17. The highest BCUT2D eigenvalue weighted by molar-refractivity contribution is 5.48. The average Bonchev–Trinajstić information content (AvgIpc) is 2.69. The van der Waals surface area contributed by atoms with E-state index in [0.29, 0.717) is 12.4 Å². The number of piperazine rings is 1. The van der Waals surface area contributed by atoms with Gasteiger partial charge < -0.3 is 9.64 Å². The minimum atomic E-state index is -0.385. The molecule has 0 spiro atoms. The fourth-order valence-corrected chi connectivity index (χ4v) is 3.52. The van der Waals surface area contributed by atoms with Gasteiger partial charge in [0.2, 0.25) is 0 Å². The lowest BCUT2D eigenvalue weighted by atomic mass is 10.2. The summed E-state index contributed by atoms with van der Waals surface area (Å²) in [6, 6.07) is 15.6. The van der Waals surface area contributed by atoms with Crippen LogP contribution in [-0.4, -0.2) is 54.1 Å². The molecule has 2 aromatic carbocycles. The Balaban J connectivity index is 1.32. The van der Waals surface area contributed by atoms with E-state index in [0.717, 1.165) is 57.7 Å². The fraction of sp³-hybridized carbons (Fsp3) is 0.455. The molecule has 0 atom stereocenters. The van der Waals surface area contributed by atoms with Crippen LogP contribution in [0.4, 0.5) is 5.69 Å². The number of ether oxygens (including phenoxy) is 1. The predicted octanol–water partition coefficient (Wildman–Crippen LogP) is 3.88. The topological polar surface area (TPSA) is 58.9 Å². The second kappa shape index (κ2) is 10.2. The molecule has 3 rings (SSSR count). The molecule has 0 aromatic heterocycles. The number of hydrogen-bond acceptors (Lipinski definition) is 5. The first kappa shape index (κ1) is 20.3. The Bertz CT molecular complexity index is 759. The number of unbranched alkanes of at least 4 members (excludes halogenated alkanes) is 1. The summed E-state index contributed by atoms with van der Waals surface area (Å²) in [6.07, 6.45) is 1.94. The number of aryl methyl sites for hydroxylation is 1. The molecule has 1 heterocycles. The van der Waals surface area contributed by atoms with Crippen LogP contribution in [-0.2, 0) is 6.54 Å². The van der Waals surface area contributed by atoms with Crippen molar-refractivity contribution in [3.05, 3.63) is 69.8 Å². The predicted molar refractivity (Wildman–Crippen MR) is 111 cm³/mol. The monoisotopic (exact) mass is 383 g/mol. The molecule has 28 heavy (non-hydrogen) atoms. The Morgan fingerprint density at radius 1 is 1.00 bits per heavy atom. The van der Waals surface area contributed by atoms with E-state index in [2.05, 4.69) is 40.1 Å². The lowest BCUT2D eigenvalue weighted by molar-refractivity contribution is -0.385. The van der Waals surface area contributed by atoms with Crippen LogP contribution in [0, 0.1) is 17.0 Å². The summed E-state index contributed by atoms with van der Waals surface area (Å²) < 4.78 is 5.68. The maximum absolute atomic E-state index is 11.1. The first-order valence-corrected chi connectivity index (χ1v) is 9.98. The molecule has 150 valence electrons. The van der Waals surface area contributed by atoms with Gasteiger partial charge in [0.25, 0.3) is 0 Å². The van der Waals surface area contributed by atoms with Gasteiger partial charge in [-0.25, -0.2) is 0 Å². The quantitative estimate of drug-likeness (QED) is 0.374. The standard InChI is InChI=1S/C22H29N3O3/c1-19-9-10-21(25(26)27)22(17-19)28-16-6-5-11-23-12-14-24(15-13-23)18-20-7-3-2-4-8-20/h2-4,7-10,17H,5-6,11-16,18H2,1H3. The lowest BCUT2D eigenvalue weighted by Crippen LogP contribution is -2.46. The van der Waals surface area contributed by atoms with Gasteiger partial charge in [0.05, 0.1) is 11.5 Å². The van der Waals surface area contributed by atoms with E-state index in [9.17, 15) is 10.1 Å². The van der Waals surface area contributed by atoms with E-state index in [-0.39, 0.29) is 10.6 Å². The van der Waals surface area contributed by atoms with Crippen molar-refractivity contribution >= 4 is 5.69 Å². The zero-order valence-corrected chi connectivity index (χ0v) is 16.5. The molecule has 1 saturated heterocycles. The minimum absolute atomic E-state index is 0.0418. The van der Waals surface area contributed by atoms with Crippen molar-refractivity contribution in [2.45, 2.75) is 26.3 Å². The molecule has 0 unspecified atom stereocenters. The largest absolute Gasteiger partial charge is 0.487 e. The number of rotatable bonds is 9. The number of nitrogens with zero attached hydrogens (tertiary/aromatic N) is 3. The zero-order valence-electron chi connectivity index (χ0n) is 16.5. The van der Waals surface area contributed by atoms with Gasteiger partial charge in [0.1, 0.15) is 0 Å². The Hall–Kier alpha value is -2.44. The van der Waals surface area contributed by atoms with Crippen LogP contribution in [0.1, 0.15) is 24.0 Å². The van der Waals surface area contributed by atoms with Crippen molar-refractivity contribution in [3.63, 3.8) is 0 Å². The smallest absolute Gasteiger partial charge is 0.310 e. The van der Waals surface area contributed by atoms with Crippen LogP contribution in [0.15, 0.2) is 48.5 Å². The third-order valence-corrected chi connectivity index (χ3v) is 5.15. The summed E-state index contributed by atoms with van der Waals surface area (Å²) >= 11 is 0.